The average Bonchev–Trinajstić information content (AvgIpc) is 2.98. The summed E-state index contributed by atoms with van der Waals surface area (Å²) in [4.78, 5) is 0. The molecule has 3 aliphatic rings. The number of ether oxygens (including phenoxy) is 2. The molecule has 3 atom stereocenters. The molecule has 0 aromatic rings. The van der Waals surface area contributed by atoms with Crippen LogP contribution in [0, 0.1) is 0 Å². The highest BCUT2D eigenvalue weighted by Gasteiger charge is 2.41. The Balaban J connectivity index is 1.50. The minimum absolute atomic E-state index is 0.120. The first kappa shape index (κ1) is 13.2. The van der Waals surface area contributed by atoms with E-state index in [2.05, 4.69) is 5.32 Å². The quantitative estimate of drug-likeness (QED) is 0.796. The normalized spacial score (nSPS) is 44.8. The molecule has 0 bridgehead atoms. The van der Waals surface area contributed by atoms with E-state index < -0.39 is 5.60 Å². The molecule has 0 amide bonds. The first-order valence-electron chi connectivity index (χ1n) is 6.95. The lowest BCUT2D eigenvalue weighted by molar-refractivity contribution is -0.0732. The van der Waals surface area contributed by atoms with Crippen LogP contribution in [0.1, 0.15) is 25.7 Å². The predicted molar refractivity (Wildman–Crippen MR) is 72.0 cm³/mol. The van der Waals surface area contributed by atoms with Crippen molar-refractivity contribution in [2.75, 3.05) is 37.9 Å². The zero-order valence-corrected chi connectivity index (χ0v) is 11.6. The third-order valence-electron chi connectivity index (χ3n) is 4.36. The minimum Gasteiger partial charge on any atom is -0.386 e. The number of hydrogen-bond acceptors (Lipinski definition) is 5. The average molecular weight is 273 g/mol. The monoisotopic (exact) mass is 273 g/mol. The van der Waals surface area contributed by atoms with Crippen molar-refractivity contribution in [2.45, 2.75) is 42.9 Å². The molecule has 3 heterocycles. The molecule has 3 unspecified atom stereocenters. The second-order valence-electron chi connectivity index (χ2n) is 5.93. The summed E-state index contributed by atoms with van der Waals surface area (Å²) < 4.78 is 11.3. The van der Waals surface area contributed by atoms with Gasteiger partial charge >= 0.3 is 0 Å². The van der Waals surface area contributed by atoms with Gasteiger partial charge < -0.3 is 19.9 Å². The van der Waals surface area contributed by atoms with Crippen molar-refractivity contribution in [1.82, 2.24) is 5.32 Å². The van der Waals surface area contributed by atoms with E-state index >= 15 is 0 Å². The molecule has 0 aliphatic carbocycles. The summed E-state index contributed by atoms with van der Waals surface area (Å²) >= 11 is 2.00. The van der Waals surface area contributed by atoms with Gasteiger partial charge in [0, 0.05) is 38.0 Å². The van der Waals surface area contributed by atoms with Gasteiger partial charge in [0.2, 0.25) is 0 Å². The maximum Gasteiger partial charge on any atom is 0.102 e. The van der Waals surface area contributed by atoms with Crippen molar-refractivity contribution < 1.29 is 14.6 Å². The van der Waals surface area contributed by atoms with Crippen molar-refractivity contribution in [2.24, 2.45) is 0 Å². The van der Waals surface area contributed by atoms with Crippen LogP contribution in [0.5, 0.6) is 0 Å². The highest BCUT2D eigenvalue weighted by atomic mass is 32.2. The number of nitrogens with one attached hydrogen (secondary N) is 1. The molecule has 2 N–H and O–H groups in total. The van der Waals surface area contributed by atoms with Gasteiger partial charge in [-0.2, -0.15) is 11.8 Å². The Kier molecular flexibility index (Phi) is 3.87. The van der Waals surface area contributed by atoms with Crippen LogP contribution in [-0.2, 0) is 9.47 Å². The Labute approximate surface area is 113 Å². The fourth-order valence-corrected chi connectivity index (χ4v) is 4.51. The summed E-state index contributed by atoms with van der Waals surface area (Å²) in [6.45, 7) is 2.67. The van der Waals surface area contributed by atoms with Crippen LogP contribution in [0.25, 0.3) is 0 Å². The maximum atomic E-state index is 10.3. The Morgan fingerprint density at radius 1 is 1.33 bits per heavy atom. The molecule has 0 radical (unpaired) electrons. The van der Waals surface area contributed by atoms with Crippen molar-refractivity contribution in [3.05, 3.63) is 0 Å². The number of thioether (sulfide) groups is 1. The number of rotatable bonds is 3. The molecule has 3 saturated heterocycles. The largest absolute Gasteiger partial charge is 0.386 e. The number of hydrogen-bond donors (Lipinski definition) is 2. The zero-order valence-electron chi connectivity index (χ0n) is 10.8. The summed E-state index contributed by atoms with van der Waals surface area (Å²) in [6, 6.07) is 0.488. The molecular formula is C13H23NO3S. The standard InChI is InChI=1S/C13H23NO3S/c15-12(2-5-16-9-12)8-14-11-1-4-17-13(7-11)3-6-18-10-13/h11,14-15H,1-10H2. The van der Waals surface area contributed by atoms with Crippen LogP contribution in [0.3, 0.4) is 0 Å². The van der Waals surface area contributed by atoms with Gasteiger partial charge in [-0.15, -0.1) is 0 Å². The van der Waals surface area contributed by atoms with Crippen molar-refractivity contribution in [3.8, 4) is 0 Å². The molecule has 3 rings (SSSR count). The van der Waals surface area contributed by atoms with Gasteiger partial charge in [0.05, 0.1) is 12.2 Å². The van der Waals surface area contributed by atoms with Crippen LogP contribution in [0.15, 0.2) is 0 Å². The highest BCUT2D eigenvalue weighted by Crippen LogP contribution is 2.38. The highest BCUT2D eigenvalue weighted by molar-refractivity contribution is 7.99. The molecule has 5 heteroatoms. The molecule has 1 spiro atoms. The Morgan fingerprint density at radius 2 is 2.28 bits per heavy atom. The predicted octanol–water partition coefficient (Wildman–Crippen LogP) is 0.782. The summed E-state index contributed by atoms with van der Waals surface area (Å²) in [7, 11) is 0. The third-order valence-corrected chi connectivity index (χ3v) is 5.59. The Hall–Kier alpha value is 0.190. The van der Waals surface area contributed by atoms with E-state index in [-0.39, 0.29) is 5.60 Å². The van der Waals surface area contributed by atoms with Crippen LogP contribution in [0.4, 0.5) is 0 Å². The summed E-state index contributed by atoms with van der Waals surface area (Å²) in [5, 5.41) is 13.8. The third kappa shape index (κ3) is 2.85. The van der Waals surface area contributed by atoms with E-state index in [0.29, 0.717) is 25.8 Å². The van der Waals surface area contributed by atoms with Gasteiger partial charge in [-0.05, 0) is 25.0 Å². The molecule has 0 aromatic carbocycles. The van der Waals surface area contributed by atoms with Gasteiger partial charge in [-0.3, -0.25) is 0 Å². The maximum absolute atomic E-state index is 10.3. The van der Waals surface area contributed by atoms with E-state index in [4.69, 9.17) is 9.47 Å². The molecule has 0 aromatic heterocycles. The lowest BCUT2D eigenvalue weighted by Crippen LogP contribution is -2.51. The second-order valence-corrected chi connectivity index (χ2v) is 7.04. The first-order valence-corrected chi connectivity index (χ1v) is 8.11. The van der Waals surface area contributed by atoms with E-state index in [1.165, 1.54) is 12.2 Å². The summed E-state index contributed by atoms with van der Waals surface area (Å²) in [5.74, 6) is 2.36. The van der Waals surface area contributed by atoms with Crippen LogP contribution in [0.2, 0.25) is 0 Å². The minimum atomic E-state index is -0.643. The van der Waals surface area contributed by atoms with E-state index in [1.807, 2.05) is 11.8 Å². The zero-order chi connectivity index (χ0) is 12.5. The Morgan fingerprint density at radius 3 is 3.00 bits per heavy atom. The molecule has 18 heavy (non-hydrogen) atoms. The molecule has 0 saturated carbocycles. The Bertz CT molecular complexity index is 288. The van der Waals surface area contributed by atoms with E-state index in [0.717, 1.165) is 31.6 Å². The summed E-state index contributed by atoms with van der Waals surface area (Å²) in [6.07, 6.45) is 4.09. The second kappa shape index (κ2) is 5.29. The van der Waals surface area contributed by atoms with E-state index in [9.17, 15) is 5.11 Å². The van der Waals surface area contributed by atoms with Gasteiger partial charge in [-0.1, -0.05) is 0 Å². The fourth-order valence-electron chi connectivity index (χ4n) is 3.14. The van der Waals surface area contributed by atoms with Crippen LogP contribution in [-0.4, -0.2) is 60.2 Å². The molecule has 3 fully saturated rings. The van der Waals surface area contributed by atoms with Gasteiger partial charge in [0.1, 0.15) is 5.60 Å². The number of aliphatic hydroxyl groups is 1. The summed E-state index contributed by atoms with van der Waals surface area (Å²) in [5.41, 5.74) is -0.523. The van der Waals surface area contributed by atoms with Crippen LogP contribution >= 0.6 is 11.8 Å². The smallest absolute Gasteiger partial charge is 0.102 e. The van der Waals surface area contributed by atoms with Crippen molar-refractivity contribution >= 4 is 11.8 Å². The molecule has 4 nitrogen and oxygen atoms in total. The lowest BCUT2D eigenvalue weighted by Gasteiger charge is -2.39. The van der Waals surface area contributed by atoms with Crippen molar-refractivity contribution in [3.63, 3.8) is 0 Å². The lowest BCUT2D eigenvalue weighted by atomic mass is 9.89. The molecule has 3 aliphatic heterocycles. The fraction of sp³-hybridized carbons (Fsp3) is 1.00. The molecular weight excluding hydrogens is 250 g/mol. The first-order chi connectivity index (χ1) is 8.70. The van der Waals surface area contributed by atoms with Crippen LogP contribution < -0.4 is 5.32 Å². The molecule has 104 valence electrons. The van der Waals surface area contributed by atoms with Gasteiger partial charge in [0.15, 0.2) is 0 Å². The van der Waals surface area contributed by atoms with Crippen molar-refractivity contribution in [1.29, 1.82) is 0 Å². The van der Waals surface area contributed by atoms with Gasteiger partial charge in [0.25, 0.3) is 0 Å². The SMILES string of the molecule is OC1(CNC2CCOC3(CCSC3)C2)CCOC1. The van der Waals surface area contributed by atoms with Gasteiger partial charge in [-0.25, -0.2) is 0 Å². The van der Waals surface area contributed by atoms with E-state index in [1.54, 1.807) is 0 Å². The topological polar surface area (TPSA) is 50.7 Å².